The van der Waals surface area contributed by atoms with Gasteiger partial charge in [0.1, 0.15) is 12.1 Å². The van der Waals surface area contributed by atoms with E-state index in [2.05, 4.69) is 31.8 Å². The number of nitrogens with one attached hydrogen (secondary N) is 1. The Kier molecular flexibility index (Phi) is 8.41. The van der Waals surface area contributed by atoms with E-state index >= 15 is 0 Å². The average molecular weight is 443 g/mol. The fourth-order valence-corrected chi connectivity index (χ4v) is 3.38. The van der Waals surface area contributed by atoms with E-state index < -0.39 is 0 Å². The Morgan fingerprint density at radius 2 is 2.03 bits per heavy atom. The highest BCUT2D eigenvalue weighted by Gasteiger charge is 2.30. The molecule has 1 saturated carbocycles. The van der Waals surface area contributed by atoms with Gasteiger partial charge in [-0.05, 0) is 62.1 Å². The second kappa shape index (κ2) is 11.7. The van der Waals surface area contributed by atoms with Crippen LogP contribution in [-0.4, -0.2) is 31.9 Å². The number of aromatic nitrogens is 4. The van der Waals surface area contributed by atoms with Crippen LogP contribution in [0.4, 0.5) is 5.82 Å². The van der Waals surface area contributed by atoms with E-state index in [-0.39, 0.29) is 17.9 Å². The Labute approximate surface area is 194 Å². The molecule has 0 saturated heterocycles. The number of pyridine rings is 2. The zero-order valence-corrected chi connectivity index (χ0v) is 19.1. The molecule has 0 bridgehead atoms. The Hall–Kier alpha value is -3.87. The number of nitrogens with two attached hydrogens (primary N) is 1. The van der Waals surface area contributed by atoms with E-state index in [4.69, 9.17) is 5.73 Å². The first-order valence-electron chi connectivity index (χ1n) is 11.0. The summed E-state index contributed by atoms with van der Waals surface area (Å²) in [5.41, 5.74) is 9.05. The number of carbonyl (C=O) groups is 1. The van der Waals surface area contributed by atoms with Crippen LogP contribution in [0.25, 0.3) is 23.4 Å². The molecule has 1 amide bonds. The number of rotatable bonds is 6. The molecule has 0 spiro atoms. The minimum atomic E-state index is -0.126. The van der Waals surface area contributed by atoms with Crippen LogP contribution in [0, 0.1) is 12.8 Å². The molecule has 0 radical (unpaired) electrons. The standard InChI is InChI=1S/C22H26N4O.C4H4N2/c1-4-6-17(25-22(27)15-7-8-15)11-16-12-20(26-21(23)18(16)5-2)19-13-24-10-9-14(19)3;1-2-5-4-6-3-1/h4-5,9-13,15,17H,1,6-8H2,2-3H3,(H2,23,26)(H,25,27);1-4H/b16-11-,18-5+;. The molecule has 7 heteroatoms. The lowest BCUT2D eigenvalue weighted by Gasteiger charge is -2.14. The number of nitrogen functional groups attached to an aromatic ring is 1. The molecule has 1 atom stereocenters. The molecule has 0 aliphatic heterocycles. The molecule has 3 N–H and O–H groups in total. The minimum Gasteiger partial charge on any atom is -0.383 e. The van der Waals surface area contributed by atoms with Crippen molar-refractivity contribution in [1.29, 1.82) is 0 Å². The topological polar surface area (TPSA) is 107 Å². The zero-order chi connectivity index (χ0) is 23.6. The lowest BCUT2D eigenvalue weighted by atomic mass is 10.0. The van der Waals surface area contributed by atoms with Crippen molar-refractivity contribution in [3.8, 4) is 11.3 Å². The Bertz CT molecular complexity index is 1180. The molecule has 1 aliphatic carbocycles. The Morgan fingerprint density at radius 1 is 1.27 bits per heavy atom. The van der Waals surface area contributed by atoms with Gasteiger partial charge in [-0.3, -0.25) is 9.78 Å². The minimum absolute atomic E-state index is 0.116. The highest BCUT2D eigenvalue weighted by Crippen LogP contribution is 2.29. The third-order valence-electron chi connectivity index (χ3n) is 5.28. The molecule has 4 rings (SSSR count). The smallest absolute Gasteiger partial charge is 0.223 e. The van der Waals surface area contributed by atoms with E-state index in [9.17, 15) is 4.79 Å². The largest absolute Gasteiger partial charge is 0.383 e. The number of hydrogen-bond donors (Lipinski definition) is 2. The van der Waals surface area contributed by atoms with Gasteiger partial charge in [0, 0.05) is 41.5 Å². The van der Waals surface area contributed by atoms with Crippen molar-refractivity contribution >= 4 is 23.9 Å². The number of hydrogen-bond acceptors (Lipinski definition) is 6. The zero-order valence-electron chi connectivity index (χ0n) is 19.1. The van der Waals surface area contributed by atoms with Gasteiger partial charge in [0.15, 0.2) is 0 Å². The summed E-state index contributed by atoms with van der Waals surface area (Å²) in [5, 5.41) is 4.94. The first kappa shape index (κ1) is 23.8. The Morgan fingerprint density at radius 3 is 2.58 bits per heavy atom. The van der Waals surface area contributed by atoms with Crippen LogP contribution < -0.4 is 21.5 Å². The molecule has 1 unspecified atom stereocenters. The third-order valence-corrected chi connectivity index (χ3v) is 5.28. The van der Waals surface area contributed by atoms with Crippen molar-refractivity contribution in [2.45, 2.75) is 39.2 Å². The number of amides is 1. The molecule has 33 heavy (non-hydrogen) atoms. The summed E-state index contributed by atoms with van der Waals surface area (Å²) in [6.45, 7) is 7.78. The van der Waals surface area contributed by atoms with Crippen LogP contribution in [0.3, 0.4) is 0 Å². The van der Waals surface area contributed by atoms with Crippen molar-refractivity contribution < 1.29 is 4.79 Å². The quantitative estimate of drug-likeness (QED) is 0.568. The van der Waals surface area contributed by atoms with Crippen molar-refractivity contribution in [2.24, 2.45) is 5.92 Å². The predicted molar refractivity (Wildman–Crippen MR) is 132 cm³/mol. The maximum Gasteiger partial charge on any atom is 0.223 e. The van der Waals surface area contributed by atoms with Gasteiger partial charge < -0.3 is 11.1 Å². The van der Waals surface area contributed by atoms with Gasteiger partial charge in [-0.2, -0.15) is 0 Å². The molecular weight excluding hydrogens is 412 g/mol. The van der Waals surface area contributed by atoms with Crippen LogP contribution in [0.1, 0.15) is 31.7 Å². The summed E-state index contributed by atoms with van der Waals surface area (Å²) < 4.78 is 0. The summed E-state index contributed by atoms with van der Waals surface area (Å²) in [7, 11) is 0. The van der Waals surface area contributed by atoms with Crippen molar-refractivity contribution in [1.82, 2.24) is 25.3 Å². The van der Waals surface area contributed by atoms with Gasteiger partial charge in [-0.15, -0.1) is 6.58 Å². The van der Waals surface area contributed by atoms with Crippen LogP contribution >= 0.6 is 0 Å². The highest BCUT2D eigenvalue weighted by atomic mass is 16.2. The van der Waals surface area contributed by atoms with E-state index in [0.717, 1.165) is 40.1 Å². The normalized spacial score (nSPS) is 14.7. The lowest BCUT2D eigenvalue weighted by molar-refractivity contribution is -0.122. The molecule has 170 valence electrons. The van der Waals surface area contributed by atoms with Crippen LogP contribution in [0.2, 0.25) is 0 Å². The Balaban J connectivity index is 0.000000442. The molecule has 0 aromatic carbocycles. The summed E-state index contributed by atoms with van der Waals surface area (Å²) in [5.74, 6) is 0.750. The summed E-state index contributed by atoms with van der Waals surface area (Å²) in [6, 6.07) is 5.61. The van der Waals surface area contributed by atoms with Crippen molar-refractivity contribution in [2.75, 3.05) is 5.73 Å². The third kappa shape index (κ3) is 6.80. The highest BCUT2D eigenvalue weighted by molar-refractivity contribution is 5.82. The van der Waals surface area contributed by atoms with Gasteiger partial charge in [0.05, 0.1) is 11.7 Å². The SMILES string of the molecule is C=CCC(/C=c1/cc(-c2cnccc2C)nc(N)/c1=C/C)NC(=O)C1CC1.c1cncnc1. The van der Waals surface area contributed by atoms with E-state index in [1.54, 1.807) is 30.9 Å². The first-order valence-corrected chi connectivity index (χ1v) is 11.0. The number of anilines is 1. The number of nitrogens with zero attached hydrogens (tertiary/aromatic N) is 4. The van der Waals surface area contributed by atoms with Crippen molar-refractivity contribution in [3.05, 3.63) is 78.0 Å². The molecule has 3 aromatic heterocycles. The fraction of sp³-hybridized carbons (Fsp3) is 0.269. The predicted octanol–water partition coefficient (Wildman–Crippen LogP) is 2.56. The van der Waals surface area contributed by atoms with Gasteiger partial charge in [0.2, 0.25) is 5.91 Å². The van der Waals surface area contributed by atoms with Crippen LogP contribution in [0.15, 0.2) is 62.0 Å². The maximum absolute atomic E-state index is 12.2. The van der Waals surface area contributed by atoms with Gasteiger partial charge in [0.25, 0.3) is 0 Å². The summed E-state index contributed by atoms with van der Waals surface area (Å²) in [6.07, 6.45) is 16.9. The second-order valence-electron chi connectivity index (χ2n) is 7.86. The van der Waals surface area contributed by atoms with E-state index in [0.29, 0.717) is 12.2 Å². The molecular formula is C26H30N6O. The fourth-order valence-electron chi connectivity index (χ4n) is 3.38. The lowest BCUT2D eigenvalue weighted by Crippen LogP contribution is -2.38. The van der Waals surface area contributed by atoms with Crippen molar-refractivity contribution in [3.63, 3.8) is 0 Å². The molecule has 1 fully saturated rings. The molecule has 1 aliphatic rings. The maximum atomic E-state index is 12.2. The first-order chi connectivity index (χ1) is 16.0. The van der Waals surface area contributed by atoms with Gasteiger partial charge >= 0.3 is 0 Å². The molecule has 3 heterocycles. The average Bonchev–Trinajstić information content (AvgIpc) is 3.67. The number of aryl methyl sites for hydroxylation is 1. The number of carbonyl (C=O) groups excluding carboxylic acids is 1. The van der Waals surface area contributed by atoms with Crippen LogP contribution in [-0.2, 0) is 4.79 Å². The van der Waals surface area contributed by atoms with Crippen LogP contribution in [0.5, 0.6) is 0 Å². The molecule has 3 aromatic rings. The van der Waals surface area contributed by atoms with Gasteiger partial charge in [-0.1, -0.05) is 18.2 Å². The summed E-state index contributed by atoms with van der Waals surface area (Å²) >= 11 is 0. The van der Waals surface area contributed by atoms with E-state index in [1.165, 1.54) is 6.33 Å². The summed E-state index contributed by atoms with van der Waals surface area (Å²) in [4.78, 5) is 28.3. The van der Waals surface area contributed by atoms with E-state index in [1.807, 2.05) is 44.2 Å². The molecule has 7 nitrogen and oxygen atoms in total. The van der Waals surface area contributed by atoms with Gasteiger partial charge in [-0.25, -0.2) is 15.0 Å². The monoisotopic (exact) mass is 442 g/mol. The second-order valence-corrected chi connectivity index (χ2v) is 7.86.